The fourth-order valence-corrected chi connectivity index (χ4v) is 2.34. The highest BCUT2D eigenvalue weighted by molar-refractivity contribution is 5.89. The lowest BCUT2D eigenvalue weighted by molar-refractivity contribution is 0.162. The second kappa shape index (κ2) is 6.04. The van der Waals surface area contributed by atoms with Crippen LogP contribution in [0.5, 0.6) is 0 Å². The molecule has 0 spiro atoms. The van der Waals surface area contributed by atoms with Crippen molar-refractivity contribution in [3.63, 3.8) is 0 Å². The van der Waals surface area contributed by atoms with E-state index in [1.54, 1.807) is 0 Å². The van der Waals surface area contributed by atoms with E-state index in [0.717, 1.165) is 11.4 Å². The zero-order valence-corrected chi connectivity index (χ0v) is 13.1. The van der Waals surface area contributed by atoms with Gasteiger partial charge in [0.25, 0.3) is 0 Å². The molecular weight excluding hydrogens is 262 g/mol. The summed E-state index contributed by atoms with van der Waals surface area (Å²) in [5.74, 6) is 0. The molecule has 0 saturated carbocycles. The summed E-state index contributed by atoms with van der Waals surface area (Å²) in [7, 11) is 0. The van der Waals surface area contributed by atoms with Crippen LogP contribution in [-0.4, -0.2) is 27.6 Å². The van der Waals surface area contributed by atoms with Crippen molar-refractivity contribution in [1.29, 1.82) is 0 Å². The molecule has 0 atom stereocenters. The number of nitrogens with one attached hydrogen (secondary N) is 1. The van der Waals surface area contributed by atoms with E-state index in [4.69, 9.17) is 0 Å². The molecule has 2 amide bonds. The van der Waals surface area contributed by atoms with Gasteiger partial charge in [-0.25, -0.2) is 4.79 Å². The summed E-state index contributed by atoms with van der Waals surface area (Å²) in [6, 6.07) is 11.7. The number of carbonyl (C=O) groups excluding carboxylic acids is 1. The monoisotopic (exact) mass is 285 g/mol. The molecule has 4 nitrogen and oxygen atoms in total. The lowest BCUT2D eigenvalue weighted by Crippen LogP contribution is -2.47. The highest BCUT2D eigenvalue weighted by atomic mass is 16.2. The fraction of sp³-hybridized carbons (Fsp3) is 0.353. The van der Waals surface area contributed by atoms with Gasteiger partial charge >= 0.3 is 6.03 Å². The van der Waals surface area contributed by atoms with Gasteiger partial charge in [0.15, 0.2) is 0 Å². The van der Waals surface area contributed by atoms with Crippen LogP contribution in [0.15, 0.2) is 48.8 Å². The quantitative estimate of drug-likeness (QED) is 0.904. The zero-order chi connectivity index (χ0) is 15.5. The smallest absolute Gasteiger partial charge is 0.322 e. The first-order chi connectivity index (χ1) is 9.91. The number of nitrogens with zero attached hydrogens (tertiary/aromatic N) is 2. The van der Waals surface area contributed by atoms with Crippen LogP contribution < -0.4 is 5.32 Å². The van der Waals surface area contributed by atoms with Crippen LogP contribution in [-0.2, 0) is 0 Å². The summed E-state index contributed by atoms with van der Waals surface area (Å²) in [6.45, 7) is 8.76. The summed E-state index contributed by atoms with van der Waals surface area (Å²) in [4.78, 5) is 14.1. The van der Waals surface area contributed by atoms with Crippen molar-refractivity contribution in [3.05, 3.63) is 48.8 Å². The van der Waals surface area contributed by atoms with Crippen LogP contribution in [0.25, 0.3) is 5.69 Å². The molecule has 2 aromatic rings. The van der Waals surface area contributed by atoms with Crippen LogP contribution in [0.1, 0.15) is 27.7 Å². The molecule has 2 rings (SSSR count). The van der Waals surface area contributed by atoms with Crippen LogP contribution in [0, 0.1) is 0 Å². The Bertz CT molecular complexity index is 579. The third kappa shape index (κ3) is 3.66. The number of anilines is 1. The van der Waals surface area contributed by atoms with Crippen LogP contribution in [0.2, 0.25) is 0 Å². The maximum atomic E-state index is 12.3. The lowest BCUT2D eigenvalue weighted by Gasteiger charge is -2.34. The Kier molecular flexibility index (Phi) is 4.36. The Morgan fingerprint density at radius 1 is 1.14 bits per heavy atom. The van der Waals surface area contributed by atoms with Gasteiger partial charge in [-0.05, 0) is 64.1 Å². The summed E-state index contributed by atoms with van der Waals surface area (Å²) in [6.07, 6.45) is 3.98. The van der Waals surface area contributed by atoms with Gasteiger partial charge in [0, 0.05) is 35.9 Å². The van der Waals surface area contributed by atoms with E-state index in [-0.39, 0.29) is 11.6 Å². The first-order valence-corrected chi connectivity index (χ1v) is 7.24. The number of hydrogen-bond donors (Lipinski definition) is 1. The fourth-order valence-electron chi connectivity index (χ4n) is 2.34. The average molecular weight is 285 g/mol. The number of benzene rings is 1. The molecule has 112 valence electrons. The lowest BCUT2D eigenvalue weighted by atomic mass is 10.1. The first kappa shape index (κ1) is 15.2. The second-order valence-electron chi connectivity index (χ2n) is 5.98. The summed E-state index contributed by atoms with van der Waals surface area (Å²) in [5.41, 5.74) is 1.68. The number of carbonyl (C=O) groups is 1. The number of amides is 2. The maximum absolute atomic E-state index is 12.3. The van der Waals surface area contributed by atoms with Gasteiger partial charge in [0.1, 0.15) is 0 Å². The molecule has 0 saturated heterocycles. The molecule has 0 aliphatic carbocycles. The van der Waals surface area contributed by atoms with E-state index in [9.17, 15) is 4.79 Å². The number of rotatable bonds is 3. The van der Waals surface area contributed by atoms with Crippen LogP contribution >= 0.6 is 0 Å². The molecule has 0 bridgehead atoms. The van der Waals surface area contributed by atoms with Crippen LogP contribution in [0.4, 0.5) is 10.5 Å². The Hall–Kier alpha value is -2.23. The molecule has 21 heavy (non-hydrogen) atoms. The predicted octanol–water partition coefficient (Wildman–Crippen LogP) is 4.13. The van der Waals surface area contributed by atoms with Gasteiger partial charge in [0.2, 0.25) is 0 Å². The molecule has 0 aliphatic rings. The summed E-state index contributed by atoms with van der Waals surface area (Å²) in [5, 5.41) is 2.95. The van der Waals surface area contributed by atoms with Gasteiger partial charge in [-0.2, -0.15) is 0 Å². The summed E-state index contributed by atoms with van der Waals surface area (Å²) < 4.78 is 2.03. The Morgan fingerprint density at radius 2 is 1.71 bits per heavy atom. The normalized spacial score (nSPS) is 11.2. The molecule has 0 radical (unpaired) electrons. The van der Waals surface area contributed by atoms with E-state index >= 15 is 0 Å². The van der Waals surface area contributed by atoms with Gasteiger partial charge in [-0.15, -0.1) is 0 Å². The minimum Gasteiger partial charge on any atom is -0.324 e. The maximum Gasteiger partial charge on any atom is 0.322 e. The van der Waals surface area contributed by atoms with Crippen molar-refractivity contribution in [2.24, 2.45) is 0 Å². The minimum absolute atomic E-state index is 0.0706. The summed E-state index contributed by atoms with van der Waals surface area (Å²) >= 11 is 0. The van der Waals surface area contributed by atoms with Gasteiger partial charge in [-0.3, -0.25) is 0 Å². The van der Waals surface area contributed by atoms with E-state index in [1.807, 2.05) is 86.0 Å². The van der Waals surface area contributed by atoms with Crippen molar-refractivity contribution in [1.82, 2.24) is 9.47 Å². The Labute approximate surface area is 126 Å². The number of hydrogen-bond acceptors (Lipinski definition) is 1. The van der Waals surface area contributed by atoms with Crippen molar-refractivity contribution in [2.45, 2.75) is 33.2 Å². The highest BCUT2D eigenvalue weighted by Crippen LogP contribution is 2.17. The van der Waals surface area contributed by atoms with Crippen molar-refractivity contribution < 1.29 is 4.79 Å². The van der Waals surface area contributed by atoms with E-state index in [2.05, 4.69) is 5.32 Å². The second-order valence-corrected chi connectivity index (χ2v) is 5.98. The molecule has 1 N–H and O–H groups in total. The van der Waals surface area contributed by atoms with Gasteiger partial charge in [0.05, 0.1) is 0 Å². The molecule has 1 heterocycles. The average Bonchev–Trinajstić information content (AvgIpc) is 2.92. The topological polar surface area (TPSA) is 37.3 Å². The molecule has 0 fully saturated rings. The number of urea groups is 1. The van der Waals surface area contributed by atoms with E-state index < -0.39 is 0 Å². The number of aromatic nitrogens is 1. The van der Waals surface area contributed by atoms with Gasteiger partial charge < -0.3 is 14.8 Å². The molecule has 1 aromatic carbocycles. The van der Waals surface area contributed by atoms with Crippen molar-refractivity contribution >= 4 is 11.7 Å². The molecule has 0 unspecified atom stereocenters. The standard InChI is InChI=1S/C17H23N3O/c1-5-20(17(2,3)4)16(21)18-14-8-10-15(11-9-14)19-12-6-7-13-19/h6-13H,5H2,1-4H3,(H,18,21). The molecule has 0 aliphatic heterocycles. The SMILES string of the molecule is CCN(C(=O)Nc1ccc(-n2cccc2)cc1)C(C)(C)C. The molecular formula is C17H23N3O. The van der Waals surface area contributed by atoms with E-state index in [0.29, 0.717) is 6.54 Å². The van der Waals surface area contributed by atoms with Crippen molar-refractivity contribution in [3.8, 4) is 5.69 Å². The Balaban J connectivity index is 2.08. The van der Waals surface area contributed by atoms with E-state index in [1.165, 1.54) is 0 Å². The predicted molar refractivity (Wildman–Crippen MR) is 86.9 cm³/mol. The van der Waals surface area contributed by atoms with Crippen molar-refractivity contribution in [2.75, 3.05) is 11.9 Å². The molecule has 1 aromatic heterocycles. The molecule has 4 heteroatoms. The van der Waals surface area contributed by atoms with Crippen LogP contribution in [0.3, 0.4) is 0 Å². The van der Waals surface area contributed by atoms with Gasteiger partial charge in [-0.1, -0.05) is 0 Å². The zero-order valence-electron chi connectivity index (χ0n) is 13.1. The minimum atomic E-state index is -0.191. The first-order valence-electron chi connectivity index (χ1n) is 7.24. The third-order valence-electron chi connectivity index (χ3n) is 3.39. The third-order valence-corrected chi connectivity index (χ3v) is 3.39. The largest absolute Gasteiger partial charge is 0.324 e. The highest BCUT2D eigenvalue weighted by Gasteiger charge is 2.24. The Morgan fingerprint density at radius 3 is 2.19 bits per heavy atom.